The molecule has 0 spiro atoms. The summed E-state index contributed by atoms with van der Waals surface area (Å²) < 4.78 is 16.4. The summed E-state index contributed by atoms with van der Waals surface area (Å²) in [5.41, 5.74) is 0.710. The first-order chi connectivity index (χ1) is 15.9. The van der Waals surface area contributed by atoms with Gasteiger partial charge in [-0.1, -0.05) is 50.1 Å². The summed E-state index contributed by atoms with van der Waals surface area (Å²) in [6, 6.07) is 14.0. The van der Waals surface area contributed by atoms with Crippen LogP contribution in [-0.4, -0.2) is 37.8 Å². The van der Waals surface area contributed by atoms with Gasteiger partial charge in [-0.25, -0.2) is 9.37 Å². The van der Waals surface area contributed by atoms with E-state index < -0.39 is 11.4 Å². The number of carbonyl (C=O) groups excluding carboxylic acids is 2. The number of para-hydroxylation sites is 2. The number of amides is 2. The molecule has 3 atom stereocenters. The Morgan fingerprint density at radius 1 is 1.15 bits per heavy atom. The Morgan fingerprint density at radius 3 is 2.67 bits per heavy atom. The first kappa shape index (κ1) is 21.6. The lowest BCUT2D eigenvalue weighted by atomic mass is 9.85. The third-order valence-corrected chi connectivity index (χ3v) is 7.36. The SMILES string of the molecule is C[C@@H]1CCCC[C@@H]1NC(=O)[C@]1(C)Cn2c(nc3ccccc32)C(=O)N1Cc1ccccc1F. The van der Waals surface area contributed by atoms with Crippen LogP contribution in [0.4, 0.5) is 4.39 Å². The van der Waals surface area contributed by atoms with E-state index in [-0.39, 0.29) is 36.8 Å². The maximum Gasteiger partial charge on any atom is 0.291 e. The zero-order valence-electron chi connectivity index (χ0n) is 19.1. The fraction of sp³-hybridized carbons (Fsp3) is 0.423. The molecule has 0 unspecified atom stereocenters. The van der Waals surface area contributed by atoms with Crippen molar-refractivity contribution in [3.05, 3.63) is 65.7 Å². The van der Waals surface area contributed by atoms with Gasteiger partial charge in [-0.2, -0.15) is 0 Å². The van der Waals surface area contributed by atoms with Crippen molar-refractivity contribution in [2.75, 3.05) is 0 Å². The topological polar surface area (TPSA) is 67.2 Å². The number of hydrogen-bond acceptors (Lipinski definition) is 3. The van der Waals surface area contributed by atoms with Gasteiger partial charge in [0.2, 0.25) is 5.91 Å². The van der Waals surface area contributed by atoms with E-state index in [1.165, 1.54) is 17.4 Å². The number of hydrogen-bond donors (Lipinski definition) is 1. The average Bonchev–Trinajstić information content (AvgIpc) is 3.18. The van der Waals surface area contributed by atoms with Gasteiger partial charge in [0.15, 0.2) is 5.82 Å². The normalized spacial score (nSPS) is 25.2. The smallest absolute Gasteiger partial charge is 0.291 e. The Kier molecular flexibility index (Phi) is 5.43. The Morgan fingerprint density at radius 2 is 1.88 bits per heavy atom. The van der Waals surface area contributed by atoms with Crippen molar-refractivity contribution in [2.24, 2.45) is 5.92 Å². The summed E-state index contributed by atoms with van der Waals surface area (Å²) in [5.74, 6) is -0.295. The number of imidazole rings is 1. The van der Waals surface area contributed by atoms with Crippen LogP contribution in [0.5, 0.6) is 0 Å². The van der Waals surface area contributed by atoms with Crippen LogP contribution >= 0.6 is 0 Å². The minimum absolute atomic E-state index is 0.00114. The second-order valence-corrected chi connectivity index (χ2v) is 9.61. The summed E-state index contributed by atoms with van der Waals surface area (Å²) in [6.45, 7) is 4.21. The summed E-state index contributed by atoms with van der Waals surface area (Å²) in [6.07, 6.45) is 4.27. The standard InChI is InChI=1S/C26H29FN4O2/c1-17-9-3-6-12-20(17)29-25(33)26(2)16-30-22-14-8-7-13-21(22)28-23(30)24(32)31(26)15-18-10-4-5-11-19(18)27/h4-5,7-8,10-11,13-14,17,20H,3,6,9,12,15-16H2,1-2H3,(H,29,33)/t17-,20+,26+/m1/s1. The zero-order chi connectivity index (χ0) is 23.2. The van der Waals surface area contributed by atoms with Crippen molar-refractivity contribution in [2.45, 2.75) is 64.2 Å². The molecule has 1 N–H and O–H groups in total. The summed E-state index contributed by atoms with van der Waals surface area (Å²) in [5, 5.41) is 3.24. The summed E-state index contributed by atoms with van der Waals surface area (Å²) in [7, 11) is 0. The summed E-state index contributed by atoms with van der Waals surface area (Å²) in [4.78, 5) is 33.6. The molecule has 2 aliphatic rings. The molecule has 6 nitrogen and oxygen atoms in total. The van der Waals surface area contributed by atoms with Crippen molar-refractivity contribution in [1.82, 2.24) is 19.8 Å². The van der Waals surface area contributed by atoms with E-state index in [1.54, 1.807) is 25.1 Å². The lowest BCUT2D eigenvalue weighted by molar-refractivity contribution is -0.134. The number of nitrogens with one attached hydrogen (secondary N) is 1. The summed E-state index contributed by atoms with van der Waals surface area (Å²) >= 11 is 0. The number of fused-ring (bicyclic) bond motifs is 3. The molecule has 2 aromatic carbocycles. The second-order valence-electron chi connectivity index (χ2n) is 9.61. The van der Waals surface area contributed by atoms with Crippen molar-refractivity contribution >= 4 is 22.8 Å². The molecule has 1 aromatic heterocycles. The lowest BCUT2D eigenvalue weighted by Gasteiger charge is -2.44. The highest BCUT2D eigenvalue weighted by atomic mass is 19.1. The van der Waals surface area contributed by atoms with Crippen LogP contribution < -0.4 is 5.32 Å². The van der Waals surface area contributed by atoms with Crippen molar-refractivity contribution in [1.29, 1.82) is 0 Å². The molecule has 5 rings (SSSR count). The van der Waals surface area contributed by atoms with Crippen LogP contribution in [0.1, 0.15) is 55.7 Å². The maximum absolute atomic E-state index is 14.6. The van der Waals surface area contributed by atoms with Gasteiger partial charge in [0.1, 0.15) is 11.4 Å². The van der Waals surface area contributed by atoms with E-state index in [0.717, 1.165) is 24.8 Å². The Labute approximate surface area is 192 Å². The molecular formula is C26H29FN4O2. The number of benzene rings is 2. The molecule has 7 heteroatoms. The highest BCUT2D eigenvalue weighted by molar-refractivity contribution is 6.01. The highest BCUT2D eigenvalue weighted by Gasteiger charge is 2.49. The van der Waals surface area contributed by atoms with Gasteiger partial charge in [0.05, 0.1) is 24.1 Å². The molecule has 1 fully saturated rings. The third kappa shape index (κ3) is 3.69. The second kappa shape index (κ2) is 8.28. The number of nitrogens with zero attached hydrogens (tertiary/aromatic N) is 3. The van der Waals surface area contributed by atoms with E-state index in [0.29, 0.717) is 17.0 Å². The molecule has 2 heterocycles. The molecule has 3 aromatic rings. The van der Waals surface area contributed by atoms with E-state index in [2.05, 4.69) is 17.2 Å². The number of aromatic nitrogens is 2. The van der Waals surface area contributed by atoms with Crippen LogP contribution in [0.25, 0.3) is 11.0 Å². The minimum atomic E-state index is -1.19. The van der Waals surface area contributed by atoms with Gasteiger partial charge in [-0.15, -0.1) is 0 Å². The van der Waals surface area contributed by atoms with Crippen molar-refractivity contribution in [3.8, 4) is 0 Å². The van der Waals surface area contributed by atoms with E-state index in [4.69, 9.17) is 0 Å². The fourth-order valence-corrected chi connectivity index (χ4v) is 5.23. The van der Waals surface area contributed by atoms with Crippen molar-refractivity contribution in [3.63, 3.8) is 0 Å². The molecular weight excluding hydrogens is 419 g/mol. The fourth-order valence-electron chi connectivity index (χ4n) is 5.23. The van der Waals surface area contributed by atoms with E-state index >= 15 is 0 Å². The molecule has 33 heavy (non-hydrogen) atoms. The third-order valence-electron chi connectivity index (χ3n) is 7.36. The number of rotatable bonds is 4. The maximum atomic E-state index is 14.6. The van der Waals surface area contributed by atoms with Crippen molar-refractivity contribution < 1.29 is 14.0 Å². The average molecular weight is 449 g/mol. The largest absolute Gasteiger partial charge is 0.351 e. The lowest BCUT2D eigenvalue weighted by Crippen LogP contribution is -2.65. The van der Waals surface area contributed by atoms with Gasteiger partial charge < -0.3 is 14.8 Å². The first-order valence-electron chi connectivity index (χ1n) is 11.7. The quantitative estimate of drug-likeness (QED) is 0.648. The molecule has 1 aliphatic heterocycles. The van der Waals surface area contributed by atoms with Crippen LogP contribution in [0.3, 0.4) is 0 Å². The predicted octanol–water partition coefficient (Wildman–Crippen LogP) is 4.29. The molecule has 2 amide bonds. The van der Waals surface area contributed by atoms with Crippen LogP contribution in [-0.2, 0) is 17.9 Å². The van der Waals surface area contributed by atoms with Crippen LogP contribution in [0.15, 0.2) is 48.5 Å². The Balaban J connectivity index is 1.56. The highest BCUT2D eigenvalue weighted by Crippen LogP contribution is 2.33. The van der Waals surface area contributed by atoms with E-state index in [9.17, 15) is 14.0 Å². The Bertz CT molecular complexity index is 1220. The Hall–Kier alpha value is -3.22. The van der Waals surface area contributed by atoms with Gasteiger partial charge in [0, 0.05) is 11.6 Å². The molecule has 0 radical (unpaired) electrons. The van der Waals surface area contributed by atoms with Gasteiger partial charge in [0.25, 0.3) is 5.91 Å². The molecule has 172 valence electrons. The molecule has 1 aliphatic carbocycles. The first-order valence-corrected chi connectivity index (χ1v) is 11.7. The number of halogens is 1. The van der Waals surface area contributed by atoms with Gasteiger partial charge in [-0.05, 0) is 43.9 Å². The van der Waals surface area contributed by atoms with Gasteiger partial charge in [-0.3, -0.25) is 9.59 Å². The predicted molar refractivity (Wildman–Crippen MR) is 124 cm³/mol. The molecule has 0 bridgehead atoms. The zero-order valence-corrected chi connectivity index (χ0v) is 19.1. The molecule has 0 saturated heterocycles. The van der Waals surface area contributed by atoms with Crippen LogP contribution in [0, 0.1) is 11.7 Å². The van der Waals surface area contributed by atoms with Crippen LogP contribution in [0.2, 0.25) is 0 Å². The van der Waals surface area contributed by atoms with Gasteiger partial charge >= 0.3 is 0 Å². The molecule has 1 saturated carbocycles. The monoisotopic (exact) mass is 448 g/mol. The number of carbonyl (C=O) groups is 2. The minimum Gasteiger partial charge on any atom is -0.351 e. The van der Waals surface area contributed by atoms with E-state index in [1.807, 2.05) is 28.8 Å².